The third kappa shape index (κ3) is 4.29. The minimum Gasteiger partial charge on any atom is -0.383 e. The fraction of sp³-hybridized carbons (Fsp3) is 1.00. The van der Waals surface area contributed by atoms with E-state index < -0.39 is 8.72 Å². The Kier molecular flexibility index (Phi) is 7.01. The van der Waals surface area contributed by atoms with Crippen molar-refractivity contribution < 1.29 is 8.85 Å². The number of hydrogen-bond donors (Lipinski definition) is 1. The Labute approximate surface area is 126 Å². The summed E-state index contributed by atoms with van der Waals surface area (Å²) in [6.07, 6.45) is 12.9. The lowest BCUT2D eigenvalue weighted by molar-refractivity contribution is 0.142. The lowest BCUT2D eigenvalue weighted by Crippen LogP contribution is -2.62. The standard InChI is InChI=1S/C16H33NO2Si/c1-3-13-18-20(19-14-4-2,16-11-7-8-12-16)17-15-9-5-6-10-15/h15-17H,3-14H2,1-2H3. The molecular weight excluding hydrogens is 266 g/mol. The average molecular weight is 300 g/mol. The predicted molar refractivity (Wildman–Crippen MR) is 85.8 cm³/mol. The van der Waals surface area contributed by atoms with Gasteiger partial charge in [0.05, 0.1) is 0 Å². The van der Waals surface area contributed by atoms with Crippen LogP contribution in [-0.4, -0.2) is 28.0 Å². The van der Waals surface area contributed by atoms with E-state index >= 15 is 0 Å². The summed E-state index contributed by atoms with van der Waals surface area (Å²) in [5, 5.41) is 0. The molecule has 0 unspecified atom stereocenters. The van der Waals surface area contributed by atoms with E-state index in [-0.39, 0.29) is 0 Å². The molecule has 0 atom stereocenters. The molecule has 118 valence electrons. The molecule has 4 heteroatoms. The topological polar surface area (TPSA) is 30.5 Å². The minimum atomic E-state index is -2.22. The third-order valence-electron chi connectivity index (χ3n) is 4.69. The molecule has 20 heavy (non-hydrogen) atoms. The first-order valence-corrected chi connectivity index (χ1v) is 10.8. The van der Waals surface area contributed by atoms with Gasteiger partial charge in [0, 0.05) is 24.8 Å². The van der Waals surface area contributed by atoms with Gasteiger partial charge in [-0.3, -0.25) is 4.98 Å². The van der Waals surface area contributed by atoms with Gasteiger partial charge < -0.3 is 8.85 Å². The van der Waals surface area contributed by atoms with Crippen molar-refractivity contribution in [1.29, 1.82) is 0 Å². The number of nitrogens with one attached hydrogen (secondary N) is 1. The molecule has 3 nitrogen and oxygen atoms in total. The molecule has 0 aromatic rings. The summed E-state index contributed by atoms with van der Waals surface area (Å²) < 4.78 is 12.9. The maximum atomic E-state index is 6.43. The summed E-state index contributed by atoms with van der Waals surface area (Å²) in [7, 11) is -2.22. The van der Waals surface area contributed by atoms with Gasteiger partial charge in [-0.25, -0.2) is 0 Å². The zero-order valence-corrected chi connectivity index (χ0v) is 14.5. The molecular formula is C16H33NO2Si. The second kappa shape index (κ2) is 8.52. The molecule has 2 aliphatic rings. The molecule has 1 N–H and O–H groups in total. The molecule has 2 aliphatic carbocycles. The Morgan fingerprint density at radius 2 is 1.35 bits per heavy atom. The molecule has 0 spiro atoms. The number of hydrogen-bond acceptors (Lipinski definition) is 3. The summed E-state index contributed by atoms with van der Waals surface area (Å²) in [5.41, 5.74) is 0.668. The van der Waals surface area contributed by atoms with E-state index in [1.54, 1.807) is 0 Å². The Morgan fingerprint density at radius 3 is 1.85 bits per heavy atom. The smallest absolute Gasteiger partial charge is 0.383 e. The maximum Gasteiger partial charge on any atom is 0.428 e. The van der Waals surface area contributed by atoms with Gasteiger partial charge in [-0.1, -0.05) is 39.5 Å². The van der Waals surface area contributed by atoms with Crippen molar-refractivity contribution in [1.82, 2.24) is 4.98 Å². The van der Waals surface area contributed by atoms with Crippen molar-refractivity contribution in [3.63, 3.8) is 0 Å². The average Bonchev–Trinajstić information content (AvgIpc) is 3.15. The van der Waals surface area contributed by atoms with Gasteiger partial charge >= 0.3 is 8.72 Å². The van der Waals surface area contributed by atoms with Crippen LogP contribution in [0.15, 0.2) is 0 Å². The molecule has 0 radical (unpaired) electrons. The molecule has 0 heterocycles. The van der Waals surface area contributed by atoms with Crippen LogP contribution in [0, 0.1) is 0 Å². The van der Waals surface area contributed by atoms with E-state index in [9.17, 15) is 0 Å². The van der Waals surface area contributed by atoms with Crippen LogP contribution in [0.3, 0.4) is 0 Å². The lowest BCUT2D eigenvalue weighted by atomic mass is 10.3. The first-order valence-electron chi connectivity index (χ1n) is 8.86. The summed E-state index contributed by atoms with van der Waals surface area (Å²) in [4.78, 5) is 3.94. The van der Waals surface area contributed by atoms with Crippen LogP contribution in [0.1, 0.15) is 78.1 Å². The van der Waals surface area contributed by atoms with Crippen LogP contribution >= 0.6 is 0 Å². The van der Waals surface area contributed by atoms with Gasteiger partial charge in [-0.05, 0) is 38.5 Å². The highest BCUT2D eigenvalue weighted by Gasteiger charge is 2.49. The monoisotopic (exact) mass is 299 g/mol. The first kappa shape index (κ1) is 16.5. The van der Waals surface area contributed by atoms with E-state index in [4.69, 9.17) is 8.85 Å². The van der Waals surface area contributed by atoms with E-state index in [0.29, 0.717) is 11.6 Å². The SMILES string of the molecule is CCCO[Si](NC1CCCC1)(OCCC)C1CCCC1. The van der Waals surface area contributed by atoms with Crippen LogP contribution in [0.4, 0.5) is 0 Å². The Balaban J connectivity index is 2.06. The first-order chi connectivity index (χ1) is 9.80. The second-order valence-corrected chi connectivity index (χ2v) is 9.49. The maximum absolute atomic E-state index is 6.43. The zero-order valence-electron chi connectivity index (χ0n) is 13.5. The molecule has 0 amide bonds. The zero-order chi connectivity index (χ0) is 14.3. The van der Waals surface area contributed by atoms with Crippen molar-refractivity contribution in [2.45, 2.75) is 89.6 Å². The predicted octanol–water partition coefficient (Wildman–Crippen LogP) is 4.25. The van der Waals surface area contributed by atoms with Crippen LogP contribution in [-0.2, 0) is 8.85 Å². The van der Waals surface area contributed by atoms with Crippen LogP contribution in [0.5, 0.6) is 0 Å². The third-order valence-corrected chi connectivity index (χ3v) is 8.42. The van der Waals surface area contributed by atoms with Gasteiger partial charge in [0.25, 0.3) is 0 Å². The van der Waals surface area contributed by atoms with E-state index in [0.717, 1.165) is 26.1 Å². The van der Waals surface area contributed by atoms with Crippen LogP contribution in [0.25, 0.3) is 0 Å². The summed E-state index contributed by atoms with van der Waals surface area (Å²) in [5.74, 6) is 0. The molecule has 0 aromatic carbocycles. The molecule has 0 saturated heterocycles. The van der Waals surface area contributed by atoms with Gasteiger partial charge in [-0.15, -0.1) is 0 Å². The second-order valence-electron chi connectivity index (χ2n) is 6.47. The van der Waals surface area contributed by atoms with Crippen molar-refractivity contribution in [2.75, 3.05) is 13.2 Å². The highest BCUT2D eigenvalue weighted by molar-refractivity contribution is 6.66. The summed E-state index contributed by atoms with van der Waals surface area (Å²) >= 11 is 0. The molecule has 0 bridgehead atoms. The number of rotatable bonds is 9. The fourth-order valence-electron chi connectivity index (χ4n) is 3.65. The van der Waals surface area contributed by atoms with E-state index in [2.05, 4.69) is 18.8 Å². The Morgan fingerprint density at radius 1 is 0.850 bits per heavy atom. The largest absolute Gasteiger partial charge is 0.428 e. The van der Waals surface area contributed by atoms with Crippen molar-refractivity contribution in [3.8, 4) is 0 Å². The molecule has 2 rings (SSSR count). The minimum absolute atomic E-state index is 0.649. The van der Waals surface area contributed by atoms with Gasteiger partial charge in [0.2, 0.25) is 0 Å². The van der Waals surface area contributed by atoms with Gasteiger partial charge in [0.15, 0.2) is 0 Å². The lowest BCUT2D eigenvalue weighted by Gasteiger charge is -2.38. The summed E-state index contributed by atoms with van der Waals surface area (Å²) in [6, 6.07) is 0.649. The molecule has 2 fully saturated rings. The van der Waals surface area contributed by atoms with Crippen LogP contribution in [0.2, 0.25) is 5.54 Å². The molecule has 2 saturated carbocycles. The van der Waals surface area contributed by atoms with Crippen molar-refractivity contribution in [3.05, 3.63) is 0 Å². The molecule has 0 aromatic heterocycles. The van der Waals surface area contributed by atoms with Crippen LogP contribution < -0.4 is 4.98 Å². The van der Waals surface area contributed by atoms with Crippen molar-refractivity contribution in [2.24, 2.45) is 0 Å². The fourth-order valence-corrected chi connectivity index (χ4v) is 7.64. The van der Waals surface area contributed by atoms with Gasteiger partial charge in [0.1, 0.15) is 0 Å². The van der Waals surface area contributed by atoms with Crippen molar-refractivity contribution >= 4 is 8.72 Å². The quantitative estimate of drug-likeness (QED) is 0.645. The van der Waals surface area contributed by atoms with Gasteiger partial charge in [-0.2, -0.15) is 0 Å². The van der Waals surface area contributed by atoms with E-state index in [1.165, 1.54) is 51.4 Å². The summed E-state index contributed by atoms with van der Waals surface area (Å²) in [6.45, 7) is 6.10. The highest BCUT2D eigenvalue weighted by atomic mass is 28.4. The Bertz CT molecular complexity index is 255. The van der Waals surface area contributed by atoms with E-state index in [1.807, 2.05) is 0 Å². The highest BCUT2D eigenvalue weighted by Crippen LogP contribution is 2.39. The normalized spacial score (nSPS) is 21.9. The Hall–Kier alpha value is 0.0969. The molecule has 0 aliphatic heterocycles.